The lowest BCUT2D eigenvalue weighted by Gasteiger charge is -2.23. The van der Waals surface area contributed by atoms with E-state index in [4.69, 9.17) is 9.47 Å². The number of fused-ring (bicyclic) bond motifs is 1. The van der Waals surface area contributed by atoms with Gasteiger partial charge in [-0.15, -0.1) is 0 Å². The lowest BCUT2D eigenvalue weighted by molar-refractivity contribution is -0.144. The highest BCUT2D eigenvalue weighted by Gasteiger charge is 2.37. The van der Waals surface area contributed by atoms with Crippen LogP contribution in [0.2, 0.25) is 0 Å². The van der Waals surface area contributed by atoms with Gasteiger partial charge in [0.25, 0.3) is 11.8 Å². The normalized spacial score (nSPS) is 14.3. The summed E-state index contributed by atoms with van der Waals surface area (Å²) in [5.41, 5.74) is 1.78. The van der Waals surface area contributed by atoms with Crippen LogP contribution in [0.25, 0.3) is 10.9 Å². The van der Waals surface area contributed by atoms with Crippen LogP contribution in [0.4, 0.5) is 0 Å². The maximum atomic E-state index is 12.9. The molecule has 4 rings (SSSR count). The van der Waals surface area contributed by atoms with Gasteiger partial charge in [-0.25, -0.2) is 0 Å². The molecule has 2 heterocycles. The second-order valence-electron chi connectivity index (χ2n) is 9.32. The van der Waals surface area contributed by atoms with Gasteiger partial charge in [0.15, 0.2) is 11.5 Å². The molecule has 12 nitrogen and oxygen atoms in total. The van der Waals surface area contributed by atoms with Gasteiger partial charge in [0.1, 0.15) is 6.04 Å². The SMILES string of the molecule is COc1ccc(CNC(=O)CNC(=O)C(=O)[C@@H]2CCCN2C(=O)CNC(=O)c2ccnc3ccccc23)cc1OC. The number of pyridine rings is 1. The highest BCUT2D eigenvalue weighted by Crippen LogP contribution is 2.27. The molecule has 1 atom stereocenters. The van der Waals surface area contributed by atoms with E-state index in [9.17, 15) is 24.0 Å². The third-order valence-electron chi connectivity index (χ3n) is 6.74. The Balaban J connectivity index is 1.25. The van der Waals surface area contributed by atoms with Crippen LogP contribution in [-0.2, 0) is 25.7 Å². The number of nitrogens with zero attached hydrogens (tertiary/aromatic N) is 2. The predicted octanol–water partition coefficient (Wildman–Crippen LogP) is 0.975. The number of nitrogens with one attached hydrogen (secondary N) is 3. The molecule has 0 unspecified atom stereocenters. The number of methoxy groups -OCH3 is 2. The summed E-state index contributed by atoms with van der Waals surface area (Å²) in [6.45, 7) is -0.286. The van der Waals surface area contributed by atoms with E-state index < -0.39 is 42.0 Å². The zero-order chi connectivity index (χ0) is 29.4. The number of ketones is 1. The second kappa shape index (κ2) is 13.4. The number of aromatic nitrogens is 1. The monoisotopic (exact) mass is 561 g/mol. The molecule has 0 aliphatic carbocycles. The fourth-order valence-electron chi connectivity index (χ4n) is 4.64. The van der Waals surface area contributed by atoms with Crippen molar-refractivity contribution >= 4 is 40.3 Å². The molecule has 2 aromatic carbocycles. The molecule has 3 aromatic rings. The summed E-state index contributed by atoms with van der Waals surface area (Å²) >= 11 is 0. The molecule has 1 aromatic heterocycles. The van der Waals surface area contributed by atoms with Crippen LogP contribution < -0.4 is 25.4 Å². The van der Waals surface area contributed by atoms with Gasteiger partial charge in [-0.05, 0) is 42.7 Å². The number of likely N-dealkylation sites (tertiary alicyclic amines) is 1. The van der Waals surface area contributed by atoms with Crippen molar-refractivity contribution in [1.29, 1.82) is 0 Å². The molecule has 0 spiro atoms. The summed E-state index contributed by atoms with van der Waals surface area (Å²) in [6.07, 6.45) is 2.36. The van der Waals surface area contributed by atoms with E-state index in [1.54, 1.807) is 42.5 Å². The molecule has 0 saturated carbocycles. The number of carbonyl (C=O) groups excluding carboxylic acids is 5. The highest BCUT2D eigenvalue weighted by atomic mass is 16.5. The number of rotatable bonds is 11. The van der Waals surface area contributed by atoms with Crippen LogP contribution in [0, 0.1) is 0 Å². The van der Waals surface area contributed by atoms with Gasteiger partial charge >= 0.3 is 0 Å². The molecule has 1 aliphatic rings. The number of hydrogen-bond donors (Lipinski definition) is 3. The molecule has 0 bridgehead atoms. The number of hydrogen-bond acceptors (Lipinski definition) is 8. The molecule has 4 amide bonds. The molecule has 41 heavy (non-hydrogen) atoms. The van der Waals surface area contributed by atoms with E-state index in [2.05, 4.69) is 20.9 Å². The average molecular weight is 562 g/mol. The largest absolute Gasteiger partial charge is 0.493 e. The van der Waals surface area contributed by atoms with Crippen LogP contribution in [-0.4, -0.2) is 79.2 Å². The fourth-order valence-corrected chi connectivity index (χ4v) is 4.64. The third-order valence-corrected chi connectivity index (χ3v) is 6.74. The van der Waals surface area contributed by atoms with Gasteiger partial charge in [0.2, 0.25) is 17.6 Å². The van der Waals surface area contributed by atoms with Crippen LogP contribution in [0.3, 0.4) is 0 Å². The number of amides is 4. The molecule has 214 valence electrons. The van der Waals surface area contributed by atoms with E-state index in [1.165, 1.54) is 25.3 Å². The van der Waals surface area contributed by atoms with Crippen molar-refractivity contribution < 1.29 is 33.4 Å². The van der Waals surface area contributed by atoms with Crippen molar-refractivity contribution in [2.24, 2.45) is 0 Å². The van der Waals surface area contributed by atoms with Gasteiger partial charge in [0.05, 0.1) is 38.4 Å². The van der Waals surface area contributed by atoms with Crippen molar-refractivity contribution in [3.63, 3.8) is 0 Å². The lowest BCUT2D eigenvalue weighted by Crippen LogP contribution is -2.50. The van der Waals surface area contributed by atoms with Gasteiger partial charge in [-0.3, -0.25) is 29.0 Å². The van der Waals surface area contributed by atoms with Crippen molar-refractivity contribution in [2.45, 2.75) is 25.4 Å². The maximum Gasteiger partial charge on any atom is 0.290 e. The van der Waals surface area contributed by atoms with E-state index in [-0.39, 0.29) is 19.6 Å². The van der Waals surface area contributed by atoms with E-state index in [0.717, 1.165) is 5.56 Å². The minimum atomic E-state index is -0.962. The van der Waals surface area contributed by atoms with Crippen molar-refractivity contribution in [3.8, 4) is 11.5 Å². The average Bonchev–Trinajstić information content (AvgIpc) is 3.50. The lowest BCUT2D eigenvalue weighted by atomic mass is 10.1. The predicted molar refractivity (Wildman–Crippen MR) is 148 cm³/mol. The first-order valence-corrected chi connectivity index (χ1v) is 13.0. The summed E-state index contributed by atoms with van der Waals surface area (Å²) in [5, 5.41) is 8.24. The number of carbonyl (C=O) groups is 5. The van der Waals surface area contributed by atoms with E-state index >= 15 is 0 Å². The maximum absolute atomic E-state index is 12.9. The van der Waals surface area contributed by atoms with E-state index in [0.29, 0.717) is 40.8 Å². The second-order valence-corrected chi connectivity index (χ2v) is 9.32. The first-order chi connectivity index (χ1) is 19.8. The molecule has 1 aliphatic heterocycles. The Morgan fingerprint density at radius 2 is 1.71 bits per heavy atom. The zero-order valence-corrected chi connectivity index (χ0v) is 22.8. The topological polar surface area (TPSA) is 156 Å². The first kappa shape index (κ1) is 29.0. The first-order valence-electron chi connectivity index (χ1n) is 13.0. The smallest absolute Gasteiger partial charge is 0.290 e. The van der Waals surface area contributed by atoms with Crippen molar-refractivity contribution in [1.82, 2.24) is 25.8 Å². The van der Waals surface area contributed by atoms with Crippen molar-refractivity contribution in [3.05, 3.63) is 65.9 Å². The standard InChI is InChI=1S/C29H31N5O7/c1-40-23-10-9-18(14-24(23)41-2)15-31-25(35)16-32-29(39)27(37)22-8-5-13-34(22)26(36)17-33-28(38)20-11-12-30-21-7-4-3-6-19(20)21/h3-4,6-7,9-12,14,22H,5,8,13,15-17H2,1-2H3,(H,31,35)(H,32,39)(H,33,38)/t22-/m0/s1. The molecule has 1 fully saturated rings. The minimum Gasteiger partial charge on any atom is -0.493 e. The van der Waals surface area contributed by atoms with Gasteiger partial charge < -0.3 is 30.3 Å². The number of Topliss-reactive ketones (excluding diaryl/α,β-unsaturated/α-hetero) is 1. The van der Waals surface area contributed by atoms with Crippen LogP contribution >= 0.6 is 0 Å². The Labute approximate surface area is 236 Å². The highest BCUT2D eigenvalue weighted by molar-refractivity contribution is 6.38. The number of ether oxygens (including phenoxy) is 2. The van der Waals surface area contributed by atoms with Gasteiger partial charge in [-0.2, -0.15) is 0 Å². The molecular weight excluding hydrogens is 530 g/mol. The molecular formula is C29H31N5O7. The summed E-state index contributed by atoms with van der Waals surface area (Å²) in [4.78, 5) is 68.8. The summed E-state index contributed by atoms with van der Waals surface area (Å²) in [7, 11) is 3.03. The molecule has 12 heteroatoms. The molecule has 3 N–H and O–H groups in total. The van der Waals surface area contributed by atoms with Gasteiger partial charge in [0, 0.05) is 24.7 Å². The van der Waals surface area contributed by atoms with Crippen LogP contribution in [0.15, 0.2) is 54.7 Å². The number of para-hydroxylation sites is 1. The van der Waals surface area contributed by atoms with Crippen LogP contribution in [0.1, 0.15) is 28.8 Å². The Hall–Kier alpha value is -5.00. The van der Waals surface area contributed by atoms with E-state index in [1.807, 2.05) is 6.07 Å². The van der Waals surface area contributed by atoms with Crippen molar-refractivity contribution in [2.75, 3.05) is 33.9 Å². The minimum absolute atomic E-state index is 0.176. The zero-order valence-electron chi connectivity index (χ0n) is 22.8. The van der Waals surface area contributed by atoms with Crippen LogP contribution in [0.5, 0.6) is 11.5 Å². The Bertz CT molecular complexity index is 1470. The number of benzene rings is 2. The Kier molecular flexibility index (Phi) is 9.46. The fraction of sp³-hybridized carbons (Fsp3) is 0.310. The third kappa shape index (κ3) is 6.96. The Morgan fingerprint density at radius 3 is 2.49 bits per heavy atom. The van der Waals surface area contributed by atoms with Gasteiger partial charge in [-0.1, -0.05) is 24.3 Å². The summed E-state index contributed by atoms with van der Waals surface area (Å²) in [6, 6.07) is 12.9. The Morgan fingerprint density at radius 1 is 0.927 bits per heavy atom. The molecule has 1 saturated heterocycles. The summed E-state index contributed by atoms with van der Waals surface area (Å²) in [5.74, 6) is -2.12. The quantitative estimate of drug-likeness (QED) is 0.293. The molecule has 0 radical (unpaired) electrons. The summed E-state index contributed by atoms with van der Waals surface area (Å²) < 4.78 is 10.4.